The molecule has 5 aromatic rings. The maximum atomic E-state index is 13.6. The standard InChI is InChI=1S/C28H24ClN3O2S2/c1-16-14-23(18(3)31(16)22-12-10-20(29)11-13-22)24(33)15-35-28-30-26-25(17(2)19(4)36-26)27(34)32(28)21-8-6-5-7-9-21/h5-14H,15H2,1-4H3. The van der Waals surface area contributed by atoms with Crippen LogP contribution < -0.4 is 5.56 Å². The molecule has 0 fully saturated rings. The number of nitrogens with zero attached hydrogens (tertiary/aromatic N) is 3. The van der Waals surface area contributed by atoms with E-state index in [1.807, 2.05) is 88.4 Å². The number of thioether (sulfide) groups is 1. The van der Waals surface area contributed by atoms with Crippen molar-refractivity contribution in [2.24, 2.45) is 0 Å². The summed E-state index contributed by atoms with van der Waals surface area (Å²) < 4.78 is 3.67. The Bertz CT molecular complexity index is 1670. The summed E-state index contributed by atoms with van der Waals surface area (Å²) in [5.41, 5.74) is 5.03. The van der Waals surface area contributed by atoms with Gasteiger partial charge in [-0.2, -0.15) is 0 Å². The van der Waals surface area contributed by atoms with Gasteiger partial charge in [-0.1, -0.05) is 41.6 Å². The topological polar surface area (TPSA) is 56.9 Å². The van der Waals surface area contributed by atoms with E-state index in [0.717, 1.165) is 33.2 Å². The molecule has 0 radical (unpaired) electrons. The number of ketones is 1. The zero-order valence-electron chi connectivity index (χ0n) is 20.3. The van der Waals surface area contributed by atoms with E-state index in [4.69, 9.17) is 16.6 Å². The van der Waals surface area contributed by atoms with Gasteiger partial charge in [0.15, 0.2) is 10.9 Å². The number of Topliss-reactive ketones (excluding diaryl/α,β-unsaturated/α-hetero) is 1. The minimum absolute atomic E-state index is 0.0131. The maximum Gasteiger partial charge on any atom is 0.267 e. The molecule has 0 atom stereocenters. The van der Waals surface area contributed by atoms with Gasteiger partial charge in [-0.05, 0) is 75.7 Å². The van der Waals surface area contributed by atoms with E-state index in [2.05, 4.69) is 4.57 Å². The molecule has 0 amide bonds. The van der Waals surface area contributed by atoms with E-state index < -0.39 is 0 Å². The van der Waals surface area contributed by atoms with Gasteiger partial charge in [-0.15, -0.1) is 11.3 Å². The summed E-state index contributed by atoms with van der Waals surface area (Å²) in [4.78, 5) is 33.6. The van der Waals surface area contributed by atoms with Crippen LogP contribution in [0.1, 0.15) is 32.2 Å². The largest absolute Gasteiger partial charge is 0.318 e. The van der Waals surface area contributed by atoms with Crippen molar-refractivity contribution >= 4 is 50.7 Å². The number of aromatic nitrogens is 3. The molecule has 36 heavy (non-hydrogen) atoms. The van der Waals surface area contributed by atoms with Crippen molar-refractivity contribution in [1.82, 2.24) is 14.1 Å². The third-order valence-electron chi connectivity index (χ3n) is 6.34. The number of thiophene rings is 1. The number of benzene rings is 2. The van der Waals surface area contributed by atoms with E-state index >= 15 is 0 Å². The third-order valence-corrected chi connectivity index (χ3v) is 8.63. The van der Waals surface area contributed by atoms with Crippen molar-refractivity contribution in [3.63, 3.8) is 0 Å². The van der Waals surface area contributed by atoms with Gasteiger partial charge in [0.1, 0.15) is 4.83 Å². The molecule has 0 spiro atoms. The Morgan fingerprint density at radius 3 is 2.33 bits per heavy atom. The molecule has 3 aromatic heterocycles. The summed E-state index contributed by atoms with van der Waals surface area (Å²) in [5.74, 6) is 0.153. The van der Waals surface area contributed by atoms with Gasteiger partial charge in [0.2, 0.25) is 0 Å². The van der Waals surface area contributed by atoms with Crippen molar-refractivity contribution in [3.05, 3.63) is 103 Å². The molecule has 182 valence electrons. The number of aryl methyl sites for hydroxylation is 3. The van der Waals surface area contributed by atoms with Gasteiger partial charge in [0, 0.05) is 32.5 Å². The lowest BCUT2D eigenvalue weighted by Crippen LogP contribution is -2.22. The summed E-state index contributed by atoms with van der Waals surface area (Å²) in [6, 6.07) is 18.9. The minimum atomic E-state index is -0.107. The molecule has 0 aliphatic heterocycles. The molecule has 3 heterocycles. The predicted octanol–water partition coefficient (Wildman–Crippen LogP) is 7.10. The van der Waals surface area contributed by atoms with Crippen LogP contribution in [0.2, 0.25) is 5.02 Å². The lowest BCUT2D eigenvalue weighted by Gasteiger charge is -2.12. The Labute approximate surface area is 222 Å². The Kier molecular flexibility index (Phi) is 6.64. The number of hydrogen-bond donors (Lipinski definition) is 0. The van der Waals surface area contributed by atoms with Crippen LogP contribution in [0.5, 0.6) is 0 Å². The fraction of sp³-hybridized carbons (Fsp3) is 0.179. The van der Waals surface area contributed by atoms with Gasteiger partial charge in [0.25, 0.3) is 5.56 Å². The van der Waals surface area contributed by atoms with Crippen LogP contribution in [0.25, 0.3) is 21.6 Å². The normalized spacial score (nSPS) is 11.4. The second kappa shape index (κ2) is 9.73. The van der Waals surface area contributed by atoms with E-state index in [9.17, 15) is 9.59 Å². The van der Waals surface area contributed by atoms with E-state index in [1.165, 1.54) is 23.1 Å². The second-order valence-electron chi connectivity index (χ2n) is 8.64. The number of fused-ring (bicyclic) bond motifs is 1. The first-order valence-electron chi connectivity index (χ1n) is 11.5. The Balaban J connectivity index is 1.51. The molecule has 0 N–H and O–H groups in total. The van der Waals surface area contributed by atoms with Crippen LogP contribution in [0, 0.1) is 27.7 Å². The molecule has 2 aromatic carbocycles. The van der Waals surface area contributed by atoms with Gasteiger partial charge in [0.05, 0.1) is 16.8 Å². The molecule has 0 aliphatic rings. The highest BCUT2D eigenvalue weighted by atomic mass is 35.5. The molecule has 5 rings (SSSR count). The predicted molar refractivity (Wildman–Crippen MR) is 150 cm³/mol. The van der Waals surface area contributed by atoms with Crippen LogP contribution in [-0.2, 0) is 0 Å². The van der Waals surface area contributed by atoms with Crippen LogP contribution in [0.4, 0.5) is 0 Å². The summed E-state index contributed by atoms with van der Waals surface area (Å²) in [6.45, 7) is 7.89. The lowest BCUT2D eigenvalue weighted by atomic mass is 10.2. The van der Waals surface area contributed by atoms with Crippen molar-refractivity contribution < 1.29 is 4.79 Å². The average Bonchev–Trinajstić information content (AvgIpc) is 3.32. The molecule has 5 nitrogen and oxygen atoms in total. The van der Waals surface area contributed by atoms with Crippen molar-refractivity contribution in [1.29, 1.82) is 0 Å². The minimum Gasteiger partial charge on any atom is -0.318 e. The van der Waals surface area contributed by atoms with Gasteiger partial charge in [-0.3, -0.25) is 14.2 Å². The number of hydrogen-bond acceptors (Lipinski definition) is 5. The first kappa shape index (κ1) is 24.6. The van der Waals surface area contributed by atoms with Crippen LogP contribution in [0.15, 0.2) is 70.6 Å². The number of rotatable bonds is 6. The molecular weight excluding hydrogens is 510 g/mol. The quantitative estimate of drug-likeness (QED) is 0.133. The molecular formula is C28H24ClN3O2S2. The molecule has 0 aliphatic carbocycles. The van der Waals surface area contributed by atoms with E-state index in [-0.39, 0.29) is 17.1 Å². The zero-order chi connectivity index (χ0) is 25.6. The van der Waals surface area contributed by atoms with Crippen LogP contribution in [-0.4, -0.2) is 25.7 Å². The molecule has 0 saturated heterocycles. The highest BCUT2D eigenvalue weighted by molar-refractivity contribution is 7.99. The molecule has 0 unspecified atom stereocenters. The highest BCUT2D eigenvalue weighted by Gasteiger charge is 2.21. The summed E-state index contributed by atoms with van der Waals surface area (Å²) in [6.07, 6.45) is 0. The fourth-order valence-electron chi connectivity index (χ4n) is 4.42. The van der Waals surface area contributed by atoms with Gasteiger partial charge < -0.3 is 4.57 Å². The Morgan fingerprint density at radius 2 is 1.64 bits per heavy atom. The monoisotopic (exact) mass is 533 g/mol. The fourth-order valence-corrected chi connectivity index (χ4v) is 6.51. The number of halogens is 1. The number of para-hydroxylation sites is 1. The zero-order valence-corrected chi connectivity index (χ0v) is 22.7. The highest BCUT2D eigenvalue weighted by Crippen LogP contribution is 2.30. The summed E-state index contributed by atoms with van der Waals surface area (Å²) in [5, 5.41) is 1.82. The SMILES string of the molecule is Cc1sc2nc(SCC(=O)c3cc(C)n(-c4ccc(Cl)cc4)c3C)n(-c3ccccc3)c(=O)c2c1C. The van der Waals surface area contributed by atoms with Gasteiger partial charge in [-0.25, -0.2) is 4.98 Å². The summed E-state index contributed by atoms with van der Waals surface area (Å²) in [7, 11) is 0. The third kappa shape index (κ3) is 4.32. The first-order valence-corrected chi connectivity index (χ1v) is 13.6. The smallest absolute Gasteiger partial charge is 0.267 e. The Morgan fingerprint density at radius 1 is 0.972 bits per heavy atom. The molecule has 0 bridgehead atoms. The van der Waals surface area contributed by atoms with Crippen LogP contribution >= 0.6 is 34.7 Å². The summed E-state index contributed by atoms with van der Waals surface area (Å²) >= 11 is 8.86. The van der Waals surface area contributed by atoms with Gasteiger partial charge >= 0.3 is 0 Å². The number of carbonyl (C=O) groups is 1. The lowest BCUT2D eigenvalue weighted by molar-refractivity contribution is 0.102. The second-order valence-corrected chi connectivity index (χ2v) is 11.2. The average molecular weight is 534 g/mol. The number of carbonyl (C=O) groups excluding carboxylic acids is 1. The van der Waals surface area contributed by atoms with Crippen molar-refractivity contribution in [2.75, 3.05) is 5.75 Å². The van der Waals surface area contributed by atoms with E-state index in [0.29, 0.717) is 26.0 Å². The Hall–Kier alpha value is -3.13. The van der Waals surface area contributed by atoms with Crippen molar-refractivity contribution in [2.45, 2.75) is 32.9 Å². The van der Waals surface area contributed by atoms with Crippen molar-refractivity contribution in [3.8, 4) is 11.4 Å². The molecule has 0 saturated carbocycles. The first-order chi connectivity index (χ1) is 17.3. The van der Waals surface area contributed by atoms with Crippen LogP contribution in [0.3, 0.4) is 0 Å². The maximum absolute atomic E-state index is 13.6. The van der Waals surface area contributed by atoms with E-state index in [1.54, 1.807) is 4.57 Å². The molecule has 8 heteroatoms.